The van der Waals surface area contributed by atoms with Crippen LogP contribution in [0.3, 0.4) is 0 Å². The van der Waals surface area contributed by atoms with Crippen LogP contribution in [0.15, 0.2) is 36.4 Å². The third-order valence-corrected chi connectivity index (χ3v) is 4.14. The average Bonchev–Trinajstić information content (AvgIpc) is 2.63. The zero-order chi connectivity index (χ0) is 20.0. The van der Waals surface area contributed by atoms with E-state index in [2.05, 4.69) is 5.32 Å². The van der Waals surface area contributed by atoms with Gasteiger partial charge < -0.3 is 14.8 Å². The highest BCUT2D eigenvalue weighted by atomic mass is 35.5. The van der Waals surface area contributed by atoms with Crippen LogP contribution in [0.4, 0.5) is 8.78 Å². The Morgan fingerprint density at radius 3 is 2.48 bits per heavy atom. The maximum atomic E-state index is 13.7. The van der Waals surface area contributed by atoms with Crippen molar-refractivity contribution in [3.63, 3.8) is 0 Å². The number of amides is 1. The van der Waals surface area contributed by atoms with Crippen molar-refractivity contribution in [2.75, 3.05) is 14.2 Å². The van der Waals surface area contributed by atoms with E-state index in [1.54, 1.807) is 18.2 Å². The number of halogens is 3. The first-order valence-electron chi connectivity index (χ1n) is 7.97. The quantitative estimate of drug-likeness (QED) is 0.729. The Morgan fingerprint density at radius 1 is 1.15 bits per heavy atom. The minimum Gasteiger partial charge on any atom is -0.495 e. The molecule has 0 aromatic heterocycles. The number of benzene rings is 2. The zero-order valence-electron chi connectivity index (χ0n) is 14.7. The number of nitrogens with one attached hydrogen (secondary N) is 1. The number of methoxy groups -OCH3 is 2. The lowest BCUT2D eigenvalue weighted by atomic mass is 10.0. The molecule has 5 nitrogen and oxygen atoms in total. The number of rotatable bonds is 7. The van der Waals surface area contributed by atoms with Gasteiger partial charge in [0.05, 0.1) is 25.7 Å². The standard InChI is InChI=1S/C19H18ClF2NO4/c1-26-17-6-3-11(7-14(17)20)8-16(19(25)27-2)23-18(24)9-12-4-5-13(21)10-15(12)22/h3-7,10,16H,8-9H2,1-2H3,(H,23,24)/t16-/m1/s1. The molecule has 144 valence electrons. The summed E-state index contributed by atoms with van der Waals surface area (Å²) in [4.78, 5) is 24.2. The molecule has 0 saturated heterocycles. The Bertz CT molecular complexity index is 844. The highest BCUT2D eigenvalue weighted by Gasteiger charge is 2.23. The maximum Gasteiger partial charge on any atom is 0.328 e. The van der Waals surface area contributed by atoms with Gasteiger partial charge in [-0.2, -0.15) is 0 Å². The Morgan fingerprint density at radius 2 is 1.89 bits per heavy atom. The summed E-state index contributed by atoms with van der Waals surface area (Å²) in [5, 5.41) is 2.87. The van der Waals surface area contributed by atoms with Crippen molar-refractivity contribution in [2.45, 2.75) is 18.9 Å². The van der Waals surface area contributed by atoms with E-state index in [1.165, 1.54) is 20.3 Å². The number of esters is 1. The van der Waals surface area contributed by atoms with Gasteiger partial charge in [-0.3, -0.25) is 4.79 Å². The Kier molecular flexibility index (Phi) is 7.12. The van der Waals surface area contributed by atoms with E-state index in [1.807, 2.05) is 0 Å². The van der Waals surface area contributed by atoms with E-state index in [-0.39, 0.29) is 18.4 Å². The largest absolute Gasteiger partial charge is 0.495 e. The molecule has 0 heterocycles. The molecule has 0 spiro atoms. The van der Waals surface area contributed by atoms with Crippen LogP contribution in [0.25, 0.3) is 0 Å². The molecule has 0 saturated carbocycles. The minimum absolute atomic E-state index is 0.0185. The summed E-state index contributed by atoms with van der Waals surface area (Å²) in [6.45, 7) is 0. The van der Waals surface area contributed by atoms with Gasteiger partial charge in [-0.05, 0) is 29.3 Å². The molecule has 0 aliphatic carbocycles. The van der Waals surface area contributed by atoms with Crippen LogP contribution in [0.2, 0.25) is 5.02 Å². The molecule has 0 fully saturated rings. The predicted octanol–water partition coefficient (Wildman–Crippen LogP) is 3.07. The lowest BCUT2D eigenvalue weighted by molar-refractivity contribution is -0.145. The molecule has 2 aromatic carbocycles. The van der Waals surface area contributed by atoms with Gasteiger partial charge in [0.25, 0.3) is 0 Å². The summed E-state index contributed by atoms with van der Waals surface area (Å²) >= 11 is 6.07. The second-order valence-corrected chi connectivity index (χ2v) is 6.14. The first-order valence-corrected chi connectivity index (χ1v) is 8.35. The van der Waals surface area contributed by atoms with Crippen molar-refractivity contribution in [1.29, 1.82) is 0 Å². The molecule has 8 heteroatoms. The van der Waals surface area contributed by atoms with Crippen molar-refractivity contribution < 1.29 is 27.8 Å². The van der Waals surface area contributed by atoms with Crippen LogP contribution in [0, 0.1) is 11.6 Å². The smallest absolute Gasteiger partial charge is 0.328 e. The third-order valence-electron chi connectivity index (χ3n) is 3.84. The second kappa shape index (κ2) is 9.32. The number of ether oxygens (including phenoxy) is 2. The summed E-state index contributed by atoms with van der Waals surface area (Å²) < 4.78 is 36.4. The van der Waals surface area contributed by atoms with E-state index in [0.717, 1.165) is 6.07 Å². The monoisotopic (exact) mass is 397 g/mol. The van der Waals surface area contributed by atoms with Gasteiger partial charge in [0.15, 0.2) is 0 Å². The molecule has 0 aliphatic heterocycles. The van der Waals surface area contributed by atoms with Crippen LogP contribution < -0.4 is 10.1 Å². The van der Waals surface area contributed by atoms with Gasteiger partial charge in [-0.1, -0.05) is 23.7 Å². The van der Waals surface area contributed by atoms with E-state index in [9.17, 15) is 18.4 Å². The highest BCUT2D eigenvalue weighted by molar-refractivity contribution is 6.32. The molecule has 2 aromatic rings. The number of hydrogen-bond acceptors (Lipinski definition) is 4. The number of carbonyl (C=O) groups is 2. The molecule has 0 bridgehead atoms. The Balaban J connectivity index is 2.10. The first-order chi connectivity index (χ1) is 12.8. The first kappa shape index (κ1) is 20.6. The summed E-state index contributed by atoms with van der Waals surface area (Å²) in [6, 6.07) is 6.90. The Labute approximate surface area is 160 Å². The fraction of sp³-hybridized carbons (Fsp3) is 0.263. The predicted molar refractivity (Wildman–Crippen MR) is 95.7 cm³/mol. The van der Waals surface area contributed by atoms with Crippen LogP contribution >= 0.6 is 11.6 Å². The van der Waals surface area contributed by atoms with Gasteiger partial charge >= 0.3 is 5.97 Å². The van der Waals surface area contributed by atoms with Crippen LogP contribution in [-0.4, -0.2) is 32.1 Å². The molecule has 0 unspecified atom stereocenters. The molecule has 1 amide bonds. The molecular formula is C19H18ClF2NO4. The fourth-order valence-electron chi connectivity index (χ4n) is 2.49. The lowest BCUT2D eigenvalue weighted by Crippen LogP contribution is -2.43. The van der Waals surface area contributed by atoms with Gasteiger partial charge in [0.2, 0.25) is 5.91 Å². The summed E-state index contributed by atoms with van der Waals surface area (Å²) in [5.74, 6) is -2.35. The molecule has 2 rings (SSSR count). The average molecular weight is 398 g/mol. The summed E-state index contributed by atoms with van der Waals surface area (Å²) in [5.41, 5.74) is 0.689. The molecule has 0 aliphatic rings. The third kappa shape index (κ3) is 5.65. The van der Waals surface area contributed by atoms with Crippen molar-refractivity contribution in [2.24, 2.45) is 0 Å². The molecule has 27 heavy (non-hydrogen) atoms. The Hall–Kier alpha value is -2.67. The maximum absolute atomic E-state index is 13.7. The van der Waals surface area contributed by atoms with Crippen LogP contribution in [0.5, 0.6) is 5.75 Å². The molecule has 1 atom stereocenters. The van der Waals surface area contributed by atoms with E-state index in [4.69, 9.17) is 21.1 Å². The van der Waals surface area contributed by atoms with Gasteiger partial charge in [0, 0.05) is 12.5 Å². The summed E-state index contributed by atoms with van der Waals surface area (Å²) in [7, 11) is 2.68. The summed E-state index contributed by atoms with van der Waals surface area (Å²) in [6.07, 6.45) is -0.225. The van der Waals surface area contributed by atoms with Crippen LogP contribution in [-0.2, 0) is 27.2 Å². The lowest BCUT2D eigenvalue weighted by Gasteiger charge is -2.17. The SMILES string of the molecule is COC(=O)[C@@H](Cc1ccc(OC)c(Cl)c1)NC(=O)Cc1ccc(F)cc1F. The topological polar surface area (TPSA) is 64.6 Å². The van der Waals surface area contributed by atoms with Gasteiger partial charge in [0.1, 0.15) is 23.4 Å². The van der Waals surface area contributed by atoms with E-state index < -0.39 is 29.6 Å². The number of carbonyl (C=O) groups excluding carboxylic acids is 2. The molecular weight excluding hydrogens is 380 g/mol. The fourth-order valence-corrected chi connectivity index (χ4v) is 2.77. The number of hydrogen-bond donors (Lipinski definition) is 1. The normalized spacial score (nSPS) is 11.6. The zero-order valence-corrected chi connectivity index (χ0v) is 15.5. The molecule has 0 radical (unpaired) electrons. The van der Waals surface area contributed by atoms with Gasteiger partial charge in [-0.25, -0.2) is 13.6 Å². The van der Waals surface area contributed by atoms with Crippen LogP contribution in [0.1, 0.15) is 11.1 Å². The van der Waals surface area contributed by atoms with Crippen molar-refractivity contribution in [3.05, 3.63) is 64.2 Å². The highest BCUT2D eigenvalue weighted by Crippen LogP contribution is 2.25. The minimum atomic E-state index is -0.990. The van der Waals surface area contributed by atoms with Gasteiger partial charge in [-0.15, -0.1) is 0 Å². The van der Waals surface area contributed by atoms with E-state index >= 15 is 0 Å². The van der Waals surface area contributed by atoms with Crippen molar-refractivity contribution in [1.82, 2.24) is 5.32 Å². The van der Waals surface area contributed by atoms with E-state index in [0.29, 0.717) is 22.4 Å². The van der Waals surface area contributed by atoms with Crippen molar-refractivity contribution in [3.8, 4) is 5.75 Å². The molecule has 1 N–H and O–H groups in total. The second-order valence-electron chi connectivity index (χ2n) is 5.73. The van der Waals surface area contributed by atoms with Crippen molar-refractivity contribution >= 4 is 23.5 Å².